The molecule has 1 aliphatic heterocycles. The third-order valence-corrected chi connectivity index (χ3v) is 4.66. The summed E-state index contributed by atoms with van der Waals surface area (Å²) < 4.78 is 7.89. The summed E-state index contributed by atoms with van der Waals surface area (Å²) >= 11 is 6.11. The van der Waals surface area contributed by atoms with E-state index in [0.29, 0.717) is 10.9 Å². The molecule has 1 unspecified atom stereocenters. The van der Waals surface area contributed by atoms with Gasteiger partial charge in [0, 0.05) is 29.7 Å². The second-order valence-electron chi connectivity index (χ2n) is 6.02. The number of fused-ring (bicyclic) bond motifs is 1. The van der Waals surface area contributed by atoms with Gasteiger partial charge in [0.25, 0.3) is 0 Å². The Bertz CT molecular complexity index is 863. The first-order valence-electron chi connectivity index (χ1n) is 8.22. The average molecular weight is 343 g/mol. The van der Waals surface area contributed by atoms with E-state index in [4.69, 9.17) is 16.3 Å². The summed E-state index contributed by atoms with van der Waals surface area (Å²) in [7, 11) is 0. The Morgan fingerprint density at radius 2 is 2.21 bits per heavy atom. The van der Waals surface area contributed by atoms with E-state index in [1.807, 2.05) is 47.1 Å². The summed E-state index contributed by atoms with van der Waals surface area (Å²) in [5, 5.41) is 5.32. The monoisotopic (exact) mass is 342 g/mol. The van der Waals surface area contributed by atoms with Crippen LogP contribution in [-0.4, -0.2) is 45.2 Å². The van der Waals surface area contributed by atoms with E-state index in [-0.39, 0.29) is 6.10 Å². The standard InChI is InChI=1S/C18H19ClN4O/c1-2-22-9-8-15(12-22)24-18-7-6-17-20-11-16(23(17)21-18)13-4-3-5-14(19)10-13/h3-7,10-11,15H,2,8-9,12H2,1H3. The van der Waals surface area contributed by atoms with Crippen molar-refractivity contribution in [3.63, 3.8) is 0 Å². The van der Waals surface area contributed by atoms with Crippen molar-refractivity contribution >= 4 is 17.2 Å². The molecule has 4 rings (SSSR count). The van der Waals surface area contributed by atoms with Crippen LogP contribution in [0.4, 0.5) is 0 Å². The van der Waals surface area contributed by atoms with Gasteiger partial charge in [-0.15, -0.1) is 5.10 Å². The van der Waals surface area contributed by atoms with Gasteiger partial charge < -0.3 is 4.74 Å². The molecule has 24 heavy (non-hydrogen) atoms. The molecule has 0 N–H and O–H groups in total. The van der Waals surface area contributed by atoms with Crippen LogP contribution in [0.1, 0.15) is 13.3 Å². The smallest absolute Gasteiger partial charge is 0.232 e. The highest BCUT2D eigenvalue weighted by Gasteiger charge is 2.23. The van der Waals surface area contributed by atoms with Crippen molar-refractivity contribution in [1.82, 2.24) is 19.5 Å². The number of nitrogens with zero attached hydrogens (tertiary/aromatic N) is 4. The predicted octanol–water partition coefficient (Wildman–Crippen LogP) is 3.52. The van der Waals surface area contributed by atoms with Crippen LogP contribution in [-0.2, 0) is 0 Å². The average Bonchev–Trinajstić information content (AvgIpc) is 3.21. The van der Waals surface area contributed by atoms with E-state index in [0.717, 1.165) is 43.0 Å². The first-order chi connectivity index (χ1) is 11.7. The highest BCUT2D eigenvalue weighted by molar-refractivity contribution is 6.30. The quantitative estimate of drug-likeness (QED) is 0.727. The minimum atomic E-state index is 0.202. The number of benzene rings is 1. The molecule has 0 aliphatic carbocycles. The molecular weight excluding hydrogens is 324 g/mol. The van der Waals surface area contributed by atoms with Gasteiger partial charge in [-0.2, -0.15) is 0 Å². The SMILES string of the molecule is CCN1CCC(Oc2ccc3ncc(-c4cccc(Cl)c4)n3n2)C1. The normalized spacial score (nSPS) is 18.3. The van der Waals surface area contributed by atoms with Crippen LogP contribution in [0.25, 0.3) is 16.9 Å². The van der Waals surface area contributed by atoms with E-state index < -0.39 is 0 Å². The van der Waals surface area contributed by atoms with E-state index in [1.165, 1.54) is 0 Å². The van der Waals surface area contributed by atoms with Crippen molar-refractivity contribution < 1.29 is 4.74 Å². The van der Waals surface area contributed by atoms with Crippen LogP contribution in [0.15, 0.2) is 42.6 Å². The van der Waals surface area contributed by atoms with E-state index >= 15 is 0 Å². The van der Waals surface area contributed by atoms with Crippen LogP contribution < -0.4 is 4.74 Å². The van der Waals surface area contributed by atoms with Crippen molar-refractivity contribution in [3.05, 3.63) is 47.6 Å². The van der Waals surface area contributed by atoms with Crippen molar-refractivity contribution in [2.75, 3.05) is 19.6 Å². The van der Waals surface area contributed by atoms with Gasteiger partial charge in [0.1, 0.15) is 6.10 Å². The molecule has 0 saturated carbocycles. The molecule has 1 aliphatic rings. The lowest BCUT2D eigenvalue weighted by molar-refractivity contribution is 0.192. The third-order valence-electron chi connectivity index (χ3n) is 4.42. The van der Waals surface area contributed by atoms with Gasteiger partial charge in [-0.1, -0.05) is 30.7 Å². The van der Waals surface area contributed by atoms with E-state index in [2.05, 4.69) is 21.9 Å². The van der Waals surface area contributed by atoms with Gasteiger partial charge in [-0.3, -0.25) is 4.90 Å². The zero-order valence-corrected chi connectivity index (χ0v) is 14.3. The molecule has 0 radical (unpaired) electrons. The number of hydrogen-bond acceptors (Lipinski definition) is 4. The van der Waals surface area contributed by atoms with Crippen molar-refractivity contribution in [2.45, 2.75) is 19.4 Å². The largest absolute Gasteiger partial charge is 0.472 e. The van der Waals surface area contributed by atoms with Crippen LogP contribution in [0.3, 0.4) is 0 Å². The predicted molar refractivity (Wildman–Crippen MR) is 94.6 cm³/mol. The number of imidazole rings is 1. The lowest BCUT2D eigenvalue weighted by Gasteiger charge is -2.14. The van der Waals surface area contributed by atoms with Gasteiger partial charge in [-0.25, -0.2) is 9.50 Å². The first-order valence-corrected chi connectivity index (χ1v) is 8.60. The maximum absolute atomic E-state index is 6.11. The maximum Gasteiger partial charge on any atom is 0.232 e. The van der Waals surface area contributed by atoms with Gasteiger partial charge in [0.15, 0.2) is 5.65 Å². The second kappa shape index (κ2) is 6.42. The first kappa shape index (κ1) is 15.4. The third kappa shape index (κ3) is 2.97. The van der Waals surface area contributed by atoms with Gasteiger partial charge >= 0.3 is 0 Å². The zero-order valence-electron chi connectivity index (χ0n) is 13.5. The van der Waals surface area contributed by atoms with Crippen LogP contribution in [0.5, 0.6) is 5.88 Å². The molecule has 124 valence electrons. The Kier molecular flexibility index (Phi) is 4.12. The van der Waals surface area contributed by atoms with Gasteiger partial charge in [0.05, 0.1) is 11.9 Å². The summed E-state index contributed by atoms with van der Waals surface area (Å²) in [5.41, 5.74) is 2.68. The summed E-state index contributed by atoms with van der Waals surface area (Å²) in [6.07, 6.45) is 3.05. The molecule has 1 saturated heterocycles. The minimum absolute atomic E-state index is 0.202. The van der Waals surface area contributed by atoms with Crippen molar-refractivity contribution in [2.24, 2.45) is 0 Å². The molecular formula is C18H19ClN4O. The van der Waals surface area contributed by atoms with Gasteiger partial charge in [0.2, 0.25) is 5.88 Å². The fraction of sp³-hybridized carbons (Fsp3) is 0.333. The number of aromatic nitrogens is 3. The molecule has 0 spiro atoms. The lowest BCUT2D eigenvalue weighted by Crippen LogP contribution is -2.24. The van der Waals surface area contributed by atoms with E-state index in [9.17, 15) is 0 Å². The molecule has 0 amide bonds. The van der Waals surface area contributed by atoms with Crippen molar-refractivity contribution in [3.8, 4) is 17.1 Å². The van der Waals surface area contributed by atoms with Crippen LogP contribution >= 0.6 is 11.6 Å². The van der Waals surface area contributed by atoms with Crippen LogP contribution in [0.2, 0.25) is 5.02 Å². The Hall–Kier alpha value is -2.11. The maximum atomic E-state index is 6.11. The summed E-state index contributed by atoms with van der Waals surface area (Å²) in [5.74, 6) is 0.631. The van der Waals surface area contributed by atoms with Gasteiger partial charge in [-0.05, 0) is 31.2 Å². The van der Waals surface area contributed by atoms with Crippen LogP contribution in [0, 0.1) is 0 Å². The fourth-order valence-electron chi connectivity index (χ4n) is 3.12. The molecule has 1 fully saturated rings. The minimum Gasteiger partial charge on any atom is -0.472 e. The molecule has 3 heterocycles. The van der Waals surface area contributed by atoms with E-state index in [1.54, 1.807) is 0 Å². The number of hydrogen-bond donors (Lipinski definition) is 0. The second-order valence-corrected chi connectivity index (χ2v) is 6.45. The molecule has 0 bridgehead atoms. The van der Waals surface area contributed by atoms with Crippen molar-refractivity contribution in [1.29, 1.82) is 0 Å². The Balaban J connectivity index is 1.64. The highest BCUT2D eigenvalue weighted by atomic mass is 35.5. The number of likely N-dealkylation sites (N-methyl/N-ethyl adjacent to an activating group) is 1. The summed E-state index contributed by atoms with van der Waals surface area (Å²) in [6.45, 7) is 5.28. The highest BCUT2D eigenvalue weighted by Crippen LogP contribution is 2.24. The zero-order chi connectivity index (χ0) is 16.5. The molecule has 5 nitrogen and oxygen atoms in total. The topological polar surface area (TPSA) is 42.7 Å². The molecule has 6 heteroatoms. The number of rotatable bonds is 4. The number of halogens is 1. The molecule has 1 aromatic carbocycles. The molecule has 1 atom stereocenters. The Morgan fingerprint density at radius 3 is 3.00 bits per heavy atom. The fourth-order valence-corrected chi connectivity index (χ4v) is 3.31. The molecule has 3 aromatic rings. The Morgan fingerprint density at radius 1 is 1.29 bits per heavy atom. The summed E-state index contributed by atoms with van der Waals surface area (Å²) in [4.78, 5) is 6.80. The number of likely N-dealkylation sites (tertiary alicyclic amines) is 1. The Labute approximate surface area is 145 Å². The summed E-state index contributed by atoms with van der Waals surface area (Å²) in [6, 6.07) is 11.5. The number of ether oxygens (including phenoxy) is 1. The lowest BCUT2D eigenvalue weighted by atomic mass is 10.2. The molecule has 2 aromatic heterocycles.